The smallest absolute Gasteiger partial charge is 0.247 e. The Balaban J connectivity index is 1.53. The number of nitrogens with one attached hydrogen (secondary N) is 1. The van der Waals surface area contributed by atoms with Gasteiger partial charge in [-0.05, 0) is 55.5 Å². The highest BCUT2D eigenvalue weighted by atomic mass is 19.1. The largest absolute Gasteiger partial charge is 0.497 e. The van der Waals surface area contributed by atoms with Crippen molar-refractivity contribution < 1.29 is 23.5 Å². The summed E-state index contributed by atoms with van der Waals surface area (Å²) in [6.07, 6.45) is 6.17. The third kappa shape index (κ3) is 6.21. The van der Waals surface area contributed by atoms with Crippen LogP contribution in [0.2, 0.25) is 0 Å². The average molecular weight is 558 g/mol. The van der Waals surface area contributed by atoms with E-state index in [4.69, 9.17) is 9.47 Å². The summed E-state index contributed by atoms with van der Waals surface area (Å²) in [6.45, 7) is -0.247. The lowest BCUT2D eigenvalue weighted by Gasteiger charge is -2.37. The molecule has 3 aromatic carbocycles. The number of fused-ring (bicyclic) bond motifs is 1. The summed E-state index contributed by atoms with van der Waals surface area (Å²) < 4.78 is 27.2. The molecule has 1 heterocycles. The van der Waals surface area contributed by atoms with Gasteiger partial charge in [-0.3, -0.25) is 9.59 Å². The number of methoxy groups -OCH3 is 2. The van der Waals surface area contributed by atoms with Crippen LogP contribution in [0.25, 0.3) is 11.0 Å². The normalized spacial score (nSPS) is 15.3. The maximum absolute atomic E-state index is 14.9. The first-order valence-electron chi connectivity index (χ1n) is 13.5. The van der Waals surface area contributed by atoms with E-state index in [0.717, 1.165) is 6.42 Å². The zero-order valence-electron chi connectivity index (χ0n) is 23.0. The summed E-state index contributed by atoms with van der Waals surface area (Å²) in [6, 6.07) is 17.8. The van der Waals surface area contributed by atoms with Crippen LogP contribution < -0.4 is 14.8 Å². The number of carbonyl (C=O) groups is 2. The number of ether oxygens (including phenoxy) is 2. The molecule has 0 radical (unpaired) electrons. The standard InChI is InChI=1S/C31H32FN5O4/c1-40-23-16-17-26(28(18-23)41-2)33-31(39)30(21-10-4-3-5-11-21)36(19-22-12-6-7-13-24(22)32)29(38)20-37-27-15-9-8-14-25(27)34-35-37/h3-4,6-9,12-18,21,30H,5,10-11,19-20H2,1-2H3,(H,33,39)/t21-,30-/m0/s1. The van der Waals surface area contributed by atoms with Gasteiger partial charge in [0.1, 0.15) is 35.4 Å². The Bertz CT molecular complexity index is 1570. The Morgan fingerprint density at radius 3 is 2.63 bits per heavy atom. The minimum atomic E-state index is -0.895. The number of benzene rings is 3. The summed E-state index contributed by atoms with van der Waals surface area (Å²) in [7, 11) is 3.05. The van der Waals surface area contributed by atoms with E-state index < -0.39 is 11.9 Å². The molecule has 10 heteroatoms. The fourth-order valence-electron chi connectivity index (χ4n) is 5.23. The molecule has 1 aliphatic carbocycles. The van der Waals surface area contributed by atoms with Crippen LogP contribution in [-0.4, -0.2) is 52.0 Å². The van der Waals surface area contributed by atoms with Crippen molar-refractivity contribution in [1.82, 2.24) is 19.9 Å². The minimum absolute atomic E-state index is 0.0871. The lowest BCUT2D eigenvalue weighted by atomic mass is 9.85. The van der Waals surface area contributed by atoms with Gasteiger partial charge in [0.2, 0.25) is 11.8 Å². The van der Waals surface area contributed by atoms with Crippen molar-refractivity contribution in [2.75, 3.05) is 19.5 Å². The first-order chi connectivity index (χ1) is 20.0. The van der Waals surface area contributed by atoms with E-state index in [9.17, 15) is 14.0 Å². The summed E-state index contributed by atoms with van der Waals surface area (Å²) in [5, 5.41) is 11.3. The van der Waals surface area contributed by atoms with E-state index in [1.165, 1.54) is 22.8 Å². The fraction of sp³-hybridized carbons (Fsp3) is 0.290. The van der Waals surface area contributed by atoms with Gasteiger partial charge in [-0.15, -0.1) is 5.10 Å². The quantitative estimate of drug-likeness (QED) is 0.276. The molecule has 0 fully saturated rings. The van der Waals surface area contributed by atoms with Crippen LogP contribution in [0.15, 0.2) is 78.9 Å². The summed E-state index contributed by atoms with van der Waals surface area (Å²) in [5.41, 5.74) is 2.10. The van der Waals surface area contributed by atoms with Crippen molar-refractivity contribution >= 4 is 28.5 Å². The van der Waals surface area contributed by atoms with Gasteiger partial charge in [0.05, 0.1) is 25.4 Å². The number of amides is 2. The molecule has 0 unspecified atom stereocenters. The van der Waals surface area contributed by atoms with E-state index in [1.807, 2.05) is 30.3 Å². The van der Waals surface area contributed by atoms with Crippen LogP contribution in [0.1, 0.15) is 24.8 Å². The fourth-order valence-corrected chi connectivity index (χ4v) is 5.23. The molecular formula is C31H32FN5O4. The van der Waals surface area contributed by atoms with Gasteiger partial charge < -0.3 is 19.7 Å². The molecular weight excluding hydrogens is 525 g/mol. The molecule has 5 rings (SSSR count). The van der Waals surface area contributed by atoms with Crippen LogP contribution in [0, 0.1) is 11.7 Å². The molecule has 2 atom stereocenters. The van der Waals surface area contributed by atoms with E-state index in [2.05, 4.69) is 21.7 Å². The van der Waals surface area contributed by atoms with E-state index in [-0.39, 0.29) is 30.8 Å². The second-order valence-corrected chi connectivity index (χ2v) is 9.89. The Morgan fingerprint density at radius 2 is 1.88 bits per heavy atom. The highest BCUT2D eigenvalue weighted by molar-refractivity contribution is 5.98. The molecule has 0 spiro atoms. The number of anilines is 1. The molecule has 1 aromatic heterocycles. The molecule has 41 heavy (non-hydrogen) atoms. The summed E-state index contributed by atoms with van der Waals surface area (Å²) in [5.74, 6) is -0.406. The van der Waals surface area contributed by atoms with Crippen LogP contribution in [0.3, 0.4) is 0 Å². The molecule has 212 valence electrons. The Kier molecular flexibility index (Phi) is 8.57. The maximum atomic E-state index is 14.9. The van der Waals surface area contributed by atoms with Crippen molar-refractivity contribution in [3.63, 3.8) is 0 Å². The van der Waals surface area contributed by atoms with Gasteiger partial charge in [0, 0.05) is 18.2 Å². The highest BCUT2D eigenvalue weighted by Crippen LogP contribution is 2.32. The number of aromatic nitrogens is 3. The number of para-hydroxylation sites is 1. The van der Waals surface area contributed by atoms with Crippen molar-refractivity contribution in [1.29, 1.82) is 0 Å². The van der Waals surface area contributed by atoms with Crippen molar-refractivity contribution in [2.24, 2.45) is 5.92 Å². The SMILES string of the molecule is COc1ccc(NC(=O)[C@H]([C@H]2CC=CCC2)N(Cc2ccccc2F)C(=O)Cn2nnc3ccccc32)c(OC)c1. The number of carbonyl (C=O) groups excluding carboxylic acids is 2. The van der Waals surface area contributed by atoms with Crippen molar-refractivity contribution in [3.05, 3.63) is 90.3 Å². The topological polar surface area (TPSA) is 98.6 Å². The van der Waals surface area contributed by atoms with Crippen LogP contribution >= 0.6 is 0 Å². The Hall–Kier alpha value is -4.73. The van der Waals surface area contributed by atoms with Gasteiger partial charge in [-0.2, -0.15) is 0 Å². The zero-order chi connectivity index (χ0) is 28.8. The molecule has 0 saturated carbocycles. The molecule has 9 nitrogen and oxygen atoms in total. The monoisotopic (exact) mass is 557 g/mol. The first kappa shape index (κ1) is 27.8. The van der Waals surface area contributed by atoms with Gasteiger partial charge in [0.25, 0.3) is 0 Å². The highest BCUT2D eigenvalue weighted by Gasteiger charge is 2.37. The minimum Gasteiger partial charge on any atom is -0.497 e. The second kappa shape index (κ2) is 12.6. The lowest BCUT2D eigenvalue weighted by Crippen LogP contribution is -2.52. The third-order valence-corrected chi connectivity index (χ3v) is 7.35. The first-order valence-corrected chi connectivity index (χ1v) is 13.5. The van der Waals surface area contributed by atoms with Crippen molar-refractivity contribution in [3.8, 4) is 11.5 Å². The molecule has 1 N–H and O–H groups in total. The molecule has 0 aliphatic heterocycles. The predicted molar refractivity (Wildman–Crippen MR) is 153 cm³/mol. The van der Waals surface area contributed by atoms with Gasteiger partial charge in [-0.1, -0.05) is 47.7 Å². The molecule has 0 saturated heterocycles. The van der Waals surface area contributed by atoms with E-state index in [0.29, 0.717) is 46.6 Å². The van der Waals surface area contributed by atoms with Crippen molar-refractivity contribution in [2.45, 2.75) is 38.4 Å². The zero-order valence-corrected chi connectivity index (χ0v) is 23.0. The predicted octanol–water partition coefficient (Wildman–Crippen LogP) is 4.98. The number of nitrogens with zero attached hydrogens (tertiary/aromatic N) is 4. The third-order valence-electron chi connectivity index (χ3n) is 7.35. The average Bonchev–Trinajstić information content (AvgIpc) is 3.41. The summed E-state index contributed by atoms with van der Waals surface area (Å²) >= 11 is 0. The van der Waals surface area contributed by atoms with Crippen LogP contribution in [0.5, 0.6) is 11.5 Å². The molecule has 1 aliphatic rings. The number of hydrogen-bond donors (Lipinski definition) is 1. The second-order valence-electron chi connectivity index (χ2n) is 9.89. The van der Waals surface area contributed by atoms with E-state index in [1.54, 1.807) is 43.5 Å². The maximum Gasteiger partial charge on any atom is 0.247 e. The van der Waals surface area contributed by atoms with Gasteiger partial charge >= 0.3 is 0 Å². The van der Waals surface area contributed by atoms with Gasteiger partial charge in [-0.25, -0.2) is 9.07 Å². The lowest BCUT2D eigenvalue weighted by molar-refractivity contribution is -0.142. The summed E-state index contributed by atoms with van der Waals surface area (Å²) in [4.78, 5) is 29.7. The van der Waals surface area contributed by atoms with E-state index >= 15 is 0 Å². The number of halogens is 1. The Labute approximate surface area is 237 Å². The number of hydrogen-bond acceptors (Lipinski definition) is 6. The van der Waals surface area contributed by atoms with Crippen LogP contribution in [-0.2, 0) is 22.7 Å². The molecule has 4 aromatic rings. The van der Waals surface area contributed by atoms with Gasteiger partial charge in [0.15, 0.2) is 0 Å². The molecule has 2 amide bonds. The number of allylic oxidation sites excluding steroid dienone is 2. The number of rotatable bonds is 10. The molecule has 0 bridgehead atoms. The Morgan fingerprint density at radius 1 is 1.07 bits per heavy atom. The van der Waals surface area contributed by atoms with Crippen LogP contribution in [0.4, 0.5) is 10.1 Å².